The van der Waals surface area contributed by atoms with Crippen LogP contribution in [0, 0.1) is 13.8 Å². The average Bonchev–Trinajstić information content (AvgIpc) is 3.01. The number of hydrogen-bond donors (Lipinski definition) is 2. The van der Waals surface area contributed by atoms with Gasteiger partial charge in [-0.15, -0.1) is 0 Å². The lowest BCUT2D eigenvalue weighted by Gasteiger charge is -2.01. The summed E-state index contributed by atoms with van der Waals surface area (Å²) >= 11 is 0. The maximum Gasteiger partial charge on any atom is 0.355 e. The second-order valence-electron chi connectivity index (χ2n) is 5.38. The number of carbonyl (C=O) groups excluding carboxylic acids is 1. The molecule has 0 saturated carbocycles. The molecule has 0 fully saturated rings. The van der Waals surface area contributed by atoms with Crippen molar-refractivity contribution in [2.75, 3.05) is 6.61 Å². The third-order valence-electron chi connectivity index (χ3n) is 4.11. The monoisotopic (exact) mass is 284 g/mol. The first kappa shape index (κ1) is 13.7. The van der Waals surface area contributed by atoms with E-state index < -0.39 is 0 Å². The highest BCUT2D eigenvalue weighted by molar-refractivity contribution is 6.06. The van der Waals surface area contributed by atoms with Crippen LogP contribution in [0.25, 0.3) is 21.8 Å². The maximum absolute atomic E-state index is 12.0. The normalized spacial score (nSPS) is 11.4. The van der Waals surface area contributed by atoms with Crippen molar-refractivity contribution in [3.05, 3.63) is 34.6 Å². The minimum absolute atomic E-state index is 0.288. The number of carbonyl (C=O) groups is 1. The molecule has 0 amide bonds. The van der Waals surface area contributed by atoms with Crippen molar-refractivity contribution < 1.29 is 9.53 Å². The second kappa shape index (κ2) is 4.95. The van der Waals surface area contributed by atoms with Gasteiger partial charge in [-0.05, 0) is 50.5 Å². The number of benzene rings is 1. The molecule has 0 atom stereocenters. The summed E-state index contributed by atoms with van der Waals surface area (Å²) in [6, 6.07) is 4.27. The highest BCUT2D eigenvalue weighted by atomic mass is 16.5. The zero-order chi connectivity index (χ0) is 15.1. The fourth-order valence-electron chi connectivity index (χ4n) is 3.04. The Morgan fingerprint density at radius 3 is 2.52 bits per heavy atom. The lowest BCUT2D eigenvalue weighted by Crippen LogP contribution is -2.06. The molecule has 0 spiro atoms. The van der Waals surface area contributed by atoms with Crippen molar-refractivity contribution in [1.29, 1.82) is 0 Å². The van der Waals surface area contributed by atoms with Crippen molar-refractivity contribution in [2.24, 2.45) is 0 Å². The Labute approximate surface area is 123 Å². The van der Waals surface area contributed by atoms with E-state index in [-0.39, 0.29) is 5.97 Å². The summed E-state index contributed by atoms with van der Waals surface area (Å²) in [5.41, 5.74) is 6.02. The van der Waals surface area contributed by atoms with Crippen molar-refractivity contribution in [3.8, 4) is 0 Å². The number of fused-ring (bicyclic) bond motifs is 2. The van der Waals surface area contributed by atoms with Gasteiger partial charge in [0.15, 0.2) is 0 Å². The number of H-pyrrole nitrogens is 2. The molecule has 2 aromatic heterocycles. The first-order valence-corrected chi connectivity index (χ1v) is 7.37. The summed E-state index contributed by atoms with van der Waals surface area (Å²) < 4.78 is 5.12. The number of ether oxygens (including phenoxy) is 1. The Morgan fingerprint density at radius 1 is 1.10 bits per heavy atom. The van der Waals surface area contributed by atoms with Gasteiger partial charge >= 0.3 is 5.97 Å². The van der Waals surface area contributed by atoms with Gasteiger partial charge < -0.3 is 14.7 Å². The van der Waals surface area contributed by atoms with E-state index in [0.29, 0.717) is 12.3 Å². The number of nitrogens with one attached hydrogen (secondary N) is 2. The Kier molecular flexibility index (Phi) is 3.24. The molecule has 0 bridgehead atoms. The lowest BCUT2D eigenvalue weighted by molar-refractivity contribution is 0.0520. The van der Waals surface area contributed by atoms with Gasteiger partial charge in [0.2, 0.25) is 0 Å². The molecule has 1 aromatic carbocycles. The van der Waals surface area contributed by atoms with Gasteiger partial charge in [-0.3, -0.25) is 0 Å². The van der Waals surface area contributed by atoms with Crippen LogP contribution in [-0.2, 0) is 11.2 Å². The summed E-state index contributed by atoms with van der Waals surface area (Å²) in [7, 11) is 0. The largest absolute Gasteiger partial charge is 0.461 e. The van der Waals surface area contributed by atoms with E-state index in [2.05, 4.69) is 35.9 Å². The molecule has 3 rings (SSSR count). The van der Waals surface area contributed by atoms with E-state index in [1.54, 1.807) is 0 Å². The van der Waals surface area contributed by atoms with E-state index in [1.165, 1.54) is 16.6 Å². The fourth-order valence-corrected chi connectivity index (χ4v) is 3.04. The quantitative estimate of drug-likeness (QED) is 0.714. The van der Waals surface area contributed by atoms with E-state index in [1.807, 2.05) is 13.8 Å². The molecule has 0 aliphatic carbocycles. The predicted octanol–water partition coefficient (Wildman–Crippen LogP) is 4.01. The maximum atomic E-state index is 12.0. The van der Waals surface area contributed by atoms with Crippen molar-refractivity contribution >= 4 is 27.8 Å². The topological polar surface area (TPSA) is 57.9 Å². The molecule has 4 heteroatoms. The Morgan fingerprint density at radius 2 is 1.86 bits per heavy atom. The molecule has 0 saturated heterocycles. The van der Waals surface area contributed by atoms with Crippen molar-refractivity contribution in [3.63, 3.8) is 0 Å². The van der Waals surface area contributed by atoms with Crippen LogP contribution in [0.1, 0.15) is 41.2 Å². The Bertz CT molecular complexity index is 840. The molecular weight excluding hydrogens is 264 g/mol. The molecule has 2 N–H and O–H groups in total. The number of aromatic nitrogens is 2. The molecule has 0 unspecified atom stereocenters. The molecule has 3 aromatic rings. The zero-order valence-corrected chi connectivity index (χ0v) is 12.9. The Balaban J connectivity index is 2.28. The van der Waals surface area contributed by atoms with Crippen LogP contribution in [-0.4, -0.2) is 22.5 Å². The van der Waals surface area contributed by atoms with Gasteiger partial charge in [0.25, 0.3) is 0 Å². The van der Waals surface area contributed by atoms with Gasteiger partial charge in [-0.2, -0.15) is 0 Å². The van der Waals surface area contributed by atoms with Gasteiger partial charge in [0.1, 0.15) is 5.69 Å². The van der Waals surface area contributed by atoms with Gasteiger partial charge in [0.05, 0.1) is 6.61 Å². The van der Waals surface area contributed by atoms with Crippen molar-refractivity contribution in [2.45, 2.75) is 34.1 Å². The highest BCUT2D eigenvalue weighted by Gasteiger charge is 2.18. The number of aryl methyl sites for hydroxylation is 3. The van der Waals surface area contributed by atoms with Gasteiger partial charge in [-0.25, -0.2) is 4.79 Å². The molecule has 110 valence electrons. The van der Waals surface area contributed by atoms with E-state index in [4.69, 9.17) is 4.74 Å². The standard InChI is InChI=1S/C17H20N2O2/c1-5-11-7-12-9(3)15-10(4)16(17(20)21-6-2)19-14(15)8-13(12)18-11/h7-8,18-19H,5-6H2,1-4H3. The van der Waals surface area contributed by atoms with E-state index in [9.17, 15) is 4.79 Å². The van der Waals surface area contributed by atoms with Crippen LogP contribution in [0.2, 0.25) is 0 Å². The second-order valence-corrected chi connectivity index (χ2v) is 5.38. The minimum atomic E-state index is -0.288. The Hall–Kier alpha value is -2.23. The predicted molar refractivity (Wildman–Crippen MR) is 85.0 cm³/mol. The van der Waals surface area contributed by atoms with Crippen LogP contribution >= 0.6 is 0 Å². The van der Waals surface area contributed by atoms with Crippen molar-refractivity contribution in [1.82, 2.24) is 9.97 Å². The van der Waals surface area contributed by atoms with Gasteiger partial charge in [0, 0.05) is 27.5 Å². The third-order valence-corrected chi connectivity index (χ3v) is 4.11. The molecule has 0 aliphatic heterocycles. The van der Waals surface area contributed by atoms with Crippen LogP contribution in [0.3, 0.4) is 0 Å². The highest BCUT2D eigenvalue weighted by Crippen LogP contribution is 2.32. The summed E-state index contributed by atoms with van der Waals surface area (Å²) in [4.78, 5) is 18.7. The fraction of sp³-hybridized carbons (Fsp3) is 0.353. The number of aromatic amines is 2. The smallest absolute Gasteiger partial charge is 0.355 e. The zero-order valence-electron chi connectivity index (χ0n) is 12.9. The van der Waals surface area contributed by atoms with Crippen LogP contribution in [0.15, 0.2) is 12.1 Å². The summed E-state index contributed by atoms with van der Waals surface area (Å²) in [6.45, 7) is 8.41. The van der Waals surface area contributed by atoms with Gasteiger partial charge in [-0.1, -0.05) is 6.92 Å². The number of rotatable bonds is 3. The minimum Gasteiger partial charge on any atom is -0.461 e. The molecule has 2 heterocycles. The number of hydrogen-bond acceptors (Lipinski definition) is 2. The molecule has 21 heavy (non-hydrogen) atoms. The molecule has 0 aliphatic rings. The molecule has 4 nitrogen and oxygen atoms in total. The van der Waals surface area contributed by atoms with E-state index >= 15 is 0 Å². The van der Waals surface area contributed by atoms with Crippen LogP contribution in [0.4, 0.5) is 0 Å². The summed E-state index contributed by atoms with van der Waals surface area (Å²) in [5, 5.41) is 2.34. The third kappa shape index (κ3) is 2.02. The molecular formula is C17H20N2O2. The summed E-state index contributed by atoms with van der Waals surface area (Å²) in [5.74, 6) is -0.288. The van der Waals surface area contributed by atoms with E-state index in [0.717, 1.165) is 28.4 Å². The first-order chi connectivity index (χ1) is 10.1. The van der Waals surface area contributed by atoms with Crippen LogP contribution < -0.4 is 0 Å². The average molecular weight is 284 g/mol. The SMILES string of the molecule is CCOC(=O)c1[nH]c2cc3[nH]c(CC)cc3c(C)c2c1C. The lowest BCUT2D eigenvalue weighted by atomic mass is 10.0. The molecule has 0 radical (unpaired) electrons. The first-order valence-electron chi connectivity index (χ1n) is 7.37. The van der Waals surface area contributed by atoms with Crippen LogP contribution in [0.5, 0.6) is 0 Å². The number of esters is 1. The summed E-state index contributed by atoms with van der Waals surface area (Å²) in [6.07, 6.45) is 0.981.